The number of carbonyl (C=O) groups excluding carboxylic acids is 3. The van der Waals surface area contributed by atoms with Crippen molar-refractivity contribution in [1.82, 2.24) is 9.80 Å². The van der Waals surface area contributed by atoms with Crippen molar-refractivity contribution in [3.63, 3.8) is 0 Å². The van der Waals surface area contributed by atoms with Crippen LogP contribution in [0.25, 0.3) is 0 Å². The van der Waals surface area contributed by atoms with Crippen molar-refractivity contribution in [3.05, 3.63) is 29.3 Å². The summed E-state index contributed by atoms with van der Waals surface area (Å²) in [6.07, 6.45) is 0.449. The molecule has 7 nitrogen and oxygen atoms in total. The lowest BCUT2D eigenvalue weighted by Gasteiger charge is -2.32. The Bertz CT molecular complexity index is 724. The van der Waals surface area contributed by atoms with E-state index in [9.17, 15) is 14.4 Å². The van der Waals surface area contributed by atoms with Crippen molar-refractivity contribution in [3.8, 4) is 0 Å². The van der Waals surface area contributed by atoms with E-state index in [0.717, 1.165) is 0 Å². The molecule has 0 spiro atoms. The first-order valence-electron chi connectivity index (χ1n) is 8.72. The van der Waals surface area contributed by atoms with E-state index in [1.54, 1.807) is 37.1 Å². The molecule has 3 N–H and O–H groups in total. The summed E-state index contributed by atoms with van der Waals surface area (Å²) >= 11 is 0. The molecule has 0 aliphatic carbocycles. The van der Waals surface area contributed by atoms with Crippen LogP contribution in [0.5, 0.6) is 0 Å². The van der Waals surface area contributed by atoms with E-state index in [0.29, 0.717) is 36.3 Å². The molecule has 1 aliphatic heterocycles. The van der Waals surface area contributed by atoms with Crippen LogP contribution in [0.1, 0.15) is 43.1 Å². The fourth-order valence-corrected chi connectivity index (χ4v) is 3.27. The van der Waals surface area contributed by atoms with E-state index < -0.39 is 5.91 Å². The summed E-state index contributed by atoms with van der Waals surface area (Å²) in [6.45, 7) is 8.91. The molecule has 0 radical (unpaired) electrons. The molecule has 0 saturated carbocycles. The van der Waals surface area contributed by atoms with Gasteiger partial charge in [0.25, 0.3) is 0 Å². The van der Waals surface area contributed by atoms with Gasteiger partial charge in [0.15, 0.2) is 0 Å². The molecule has 0 bridgehead atoms. The number of nitrogens with zero attached hydrogens (tertiary/aromatic N) is 2. The molecule has 2 rings (SSSR count). The van der Waals surface area contributed by atoms with Gasteiger partial charge < -0.3 is 20.9 Å². The first-order chi connectivity index (χ1) is 12.0. The fourth-order valence-electron chi connectivity index (χ4n) is 3.27. The van der Waals surface area contributed by atoms with Crippen molar-refractivity contribution >= 4 is 23.5 Å². The second kappa shape index (κ2) is 7.35. The highest BCUT2D eigenvalue weighted by Gasteiger charge is 2.36. The average Bonchev–Trinajstić information content (AvgIpc) is 2.89. The molecular formula is C19H28N4O3. The topological polar surface area (TPSA) is 95.7 Å². The molecule has 1 atom stereocenters. The maximum Gasteiger partial charge on any atom is 0.321 e. The first kappa shape index (κ1) is 19.8. The van der Waals surface area contributed by atoms with Crippen molar-refractivity contribution in [1.29, 1.82) is 0 Å². The molecule has 1 aromatic carbocycles. The van der Waals surface area contributed by atoms with E-state index in [2.05, 4.69) is 5.32 Å². The van der Waals surface area contributed by atoms with Gasteiger partial charge in [-0.15, -0.1) is 0 Å². The van der Waals surface area contributed by atoms with Gasteiger partial charge in [0, 0.05) is 49.3 Å². The number of nitrogens with one attached hydrogen (secondary N) is 1. The lowest BCUT2D eigenvalue weighted by molar-refractivity contribution is -0.131. The van der Waals surface area contributed by atoms with Crippen LogP contribution in [0.2, 0.25) is 0 Å². The van der Waals surface area contributed by atoms with Crippen LogP contribution in [-0.4, -0.2) is 53.3 Å². The number of hydrogen-bond donors (Lipinski definition) is 2. The maximum absolute atomic E-state index is 12.5. The minimum absolute atomic E-state index is 0.107. The quantitative estimate of drug-likeness (QED) is 0.861. The molecule has 7 heteroatoms. The standard InChI is InChI=1S/C19H28N4O3/c1-12-14(17(20)25)7-6-8-15(12)21-18(26)22(5)10-13-9-16(24)23(11-13)19(2,3)4/h6-8,13H,9-11H2,1-5H3,(H2,20,25)(H,21,26)/t13-/m0/s1. The van der Waals surface area contributed by atoms with Crippen LogP contribution in [-0.2, 0) is 4.79 Å². The Kier molecular flexibility index (Phi) is 5.59. The number of rotatable bonds is 4. The highest BCUT2D eigenvalue weighted by Crippen LogP contribution is 2.26. The zero-order valence-corrected chi connectivity index (χ0v) is 16.1. The summed E-state index contributed by atoms with van der Waals surface area (Å²) in [6, 6.07) is 4.76. The largest absolute Gasteiger partial charge is 0.366 e. The normalized spacial score (nSPS) is 17.3. The number of carbonyl (C=O) groups is 3. The molecule has 4 amide bonds. The van der Waals surface area contributed by atoms with Crippen LogP contribution in [0, 0.1) is 12.8 Å². The minimum Gasteiger partial charge on any atom is -0.366 e. The van der Waals surface area contributed by atoms with E-state index >= 15 is 0 Å². The summed E-state index contributed by atoms with van der Waals surface area (Å²) in [5.41, 5.74) is 6.71. The Morgan fingerprint density at radius 3 is 2.54 bits per heavy atom. The molecule has 1 aliphatic rings. The van der Waals surface area contributed by atoms with Crippen LogP contribution in [0.4, 0.5) is 10.5 Å². The molecule has 1 fully saturated rings. The number of hydrogen-bond acceptors (Lipinski definition) is 3. The molecule has 1 heterocycles. The summed E-state index contributed by atoms with van der Waals surface area (Å²) < 4.78 is 0. The highest BCUT2D eigenvalue weighted by atomic mass is 16.2. The summed E-state index contributed by atoms with van der Waals surface area (Å²) in [5, 5.41) is 2.81. The Labute approximate surface area is 154 Å². The van der Waals surface area contributed by atoms with Gasteiger partial charge in [-0.25, -0.2) is 4.79 Å². The maximum atomic E-state index is 12.5. The summed E-state index contributed by atoms with van der Waals surface area (Å²) in [7, 11) is 1.70. The molecule has 0 unspecified atom stereocenters. The summed E-state index contributed by atoms with van der Waals surface area (Å²) in [4.78, 5) is 39.5. The third kappa shape index (κ3) is 4.33. The number of likely N-dealkylation sites (tertiary alicyclic amines) is 1. The van der Waals surface area contributed by atoms with Crippen molar-refractivity contribution in [2.24, 2.45) is 11.7 Å². The number of benzene rings is 1. The zero-order chi connectivity index (χ0) is 19.6. The molecule has 26 heavy (non-hydrogen) atoms. The van der Waals surface area contributed by atoms with Gasteiger partial charge in [-0.1, -0.05) is 6.07 Å². The van der Waals surface area contributed by atoms with Gasteiger partial charge in [0.05, 0.1) is 0 Å². The van der Waals surface area contributed by atoms with Crippen LogP contribution < -0.4 is 11.1 Å². The van der Waals surface area contributed by atoms with Gasteiger partial charge in [-0.3, -0.25) is 9.59 Å². The van der Waals surface area contributed by atoms with Gasteiger partial charge in [0.2, 0.25) is 11.8 Å². The number of anilines is 1. The van der Waals surface area contributed by atoms with Crippen molar-refractivity contribution in [2.45, 2.75) is 39.7 Å². The minimum atomic E-state index is -0.529. The Morgan fingerprint density at radius 1 is 1.35 bits per heavy atom. The smallest absolute Gasteiger partial charge is 0.321 e. The zero-order valence-electron chi connectivity index (χ0n) is 16.1. The second-order valence-electron chi connectivity index (χ2n) is 7.90. The van der Waals surface area contributed by atoms with Crippen molar-refractivity contribution in [2.75, 3.05) is 25.5 Å². The van der Waals surface area contributed by atoms with Crippen LogP contribution in [0.15, 0.2) is 18.2 Å². The Hall–Kier alpha value is -2.57. The molecule has 1 aromatic rings. The first-order valence-corrected chi connectivity index (χ1v) is 8.72. The van der Waals surface area contributed by atoms with Gasteiger partial charge in [-0.2, -0.15) is 0 Å². The molecule has 0 aromatic heterocycles. The van der Waals surface area contributed by atoms with Gasteiger partial charge >= 0.3 is 6.03 Å². The predicted octanol–water partition coefficient (Wildman–Crippen LogP) is 2.20. The Balaban J connectivity index is 2.00. The number of primary amides is 1. The van der Waals surface area contributed by atoms with Crippen molar-refractivity contribution < 1.29 is 14.4 Å². The fraction of sp³-hybridized carbons (Fsp3) is 0.526. The molecule has 1 saturated heterocycles. The number of amides is 4. The number of nitrogens with two attached hydrogens (primary N) is 1. The molecule has 142 valence electrons. The summed E-state index contributed by atoms with van der Waals surface area (Å²) in [5.74, 6) is -0.296. The monoisotopic (exact) mass is 360 g/mol. The van der Waals surface area contributed by atoms with E-state index in [1.807, 2.05) is 25.7 Å². The van der Waals surface area contributed by atoms with Gasteiger partial charge in [-0.05, 0) is 45.4 Å². The van der Waals surface area contributed by atoms with E-state index in [4.69, 9.17) is 5.73 Å². The predicted molar refractivity (Wildman–Crippen MR) is 101 cm³/mol. The van der Waals surface area contributed by atoms with E-state index in [-0.39, 0.29) is 23.4 Å². The molecular weight excluding hydrogens is 332 g/mol. The van der Waals surface area contributed by atoms with Gasteiger partial charge in [0.1, 0.15) is 0 Å². The third-order valence-corrected chi connectivity index (χ3v) is 4.73. The average molecular weight is 360 g/mol. The lowest BCUT2D eigenvalue weighted by Crippen LogP contribution is -2.43. The van der Waals surface area contributed by atoms with Crippen LogP contribution in [0.3, 0.4) is 0 Å². The highest BCUT2D eigenvalue weighted by molar-refractivity contribution is 5.98. The third-order valence-electron chi connectivity index (χ3n) is 4.73. The van der Waals surface area contributed by atoms with E-state index in [1.165, 1.54) is 0 Å². The lowest BCUT2D eigenvalue weighted by atomic mass is 10.1. The SMILES string of the molecule is Cc1c(NC(=O)N(C)C[C@@H]2CC(=O)N(C(C)(C)C)C2)cccc1C(N)=O. The Morgan fingerprint density at radius 2 is 2.00 bits per heavy atom. The second-order valence-corrected chi connectivity index (χ2v) is 7.90. The number of urea groups is 1. The van der Waals surface area contributed by atoms with Crippen LogP contribution >= 0.6 is 0 Å².